The fourth-order valence-corrected chi connectivity index (χ4v) is 4.41. The van der Waals surface area contributed by atoms with Gasteiger partial charge in [0, 0.05) is 23.5 Å². The molecule has 1 heterocycles. The summed E-state index contributed by atoms with van der Waals surface area (Å²) in [6.45, 7) is 1.57. The molecule has 1 N–H and O–H groups in total. The molecule has 0 radical (unpaired) electrons. The summed E-state index contributed by atoms with van der Waals surface area (Å²) in [7, 11) is -0.314. The van der Waals surface area contributed by atoms with Gasteiger partial charge < -0.3 is 14.6 Å². The molecule has 1 aromatic heterocycles. The number of hydrogen-bond acceptors (Lipinski definition) is 7. The van der Waals surface area contributed by atoms with E-state index >= 15 is 0 Å². The van der Waals surface area contributed by atoms with Gasteiger partial charge in [-0.15, -0.1) is 0 Å². The topological polar surface area (TPSA) is 103 Å². The Labute approximate surface area is 204 Å². The van der Waals surface area contributed by atoms with Crippen LogP contribution in [-0.4, -0.2) is 49.5 Å². The number of ether oxygens (including phenoxy) is 2. The molecule has 0 aliphatic carbocycles. The second-order valence-electron chi connectivity index (χ2n) is 7.60. The van der Waals surface area contributed by atoms with Crippen LogP contribution in [0.2, 0.25) is 0 Å². The van der Waals surface area contributed by atoms with Crippen LogP contribution in [0.5, 0.6) is 17.2 Å². The van der Waals surface area contributed by atoms with Crippen molar-refractivity contribution >= 4 is 21.7 Å². The van der Waals surface area contributed by atoms with Crippen molar-refractivity contribution < 1.29 is 23.0 Å². The Morgan fingerprint density at radius 3 is 2.43 bits per heavy atom. The molecule has 3 aromatic carbocycles. The normalized spacial score (nSPS) is 11.6. The predicted octanol–water partition coefficient (Wildman–Crippen LogP) is 4.81. The van der Waals surface area contributed by atoms with Gasteiger partial charge in [0.1, 0.15) is 17.1 Å². The highest BCUT2D eigenvalue weighted by atomic mass is 32.2. The minimum atomic E-state index is -3.45. The highest BCUT2D eigenvalue weighted by Gasteiger charge is 2.16. The molecule has 0 bridgehead atoms. The summed E-state index contributed by atoms with van der Waals surface area (Å²) in [5, 5.41) is 15.0. The van der Waals surface area contributed by atoms with E-state index in [0.717, 1.165) is 11.3 Å². The maximum Gasteiger partial charge on any atom is 0.178 e. The van der Waals surface area contributed by atoms with Crippen LogP contribution in [0.25, 0.3) is 16.9 Å². The Hall–Kier alpha value is -4.11. The van der Waals surface area contributed by atoms with E-state index < -0.39 is 9.84 Å². The molecule has 0 saturated heterocycles. The Morgan fingerprint density at radius 2 is 1.74 bits per heavy atom. The number of sulfone groups is 1. The maximum atomic E-state index is 12.3. The van der Waals surface area contributed by atoms with Crippen molar-refractivity contribution in [2.45, 2.75) is 11.8 Å². The highest BCUT2D eigenvalue weighted by Crippen LogP contribution is 2.34. The molecule has 0 fully saturated rings. The molecule has 35 heavy (non-hydrogen) atoms. The van der Waals surface area contributed by atoms with Crippen molar-refractivity contribution in [3.05, 3.63) is 78.5 Å². The first-order valence-corrected chi connectivity index (χ1v) is 12.5. The summed E-state index contributed by atoms with van der Waals surface area (Å²) in [5.74, 6) is 0.971. The quantitative estimate of drug-likeness (QED) is 0.355. The highest BCUT2D eigenvalue weighted by molar-refractivity contribution is 7.91. The van der Waals surface area contributed by atoms with Crippen LogP contribution in [0.1, 0.15) is 12.5 Å². The first-order chi connectivity index (χ1) is 16.9. The number of aliphatic imine (C=N–C) groups is 1. The molecular weight excluding hydrogens is 466 g/mol. The number of hydrogen-bond donors (Lipinski definition) is 1. The van der Waals surface area contributed by atoms with Crippen LogP contribution in [0, 0.1) is 0 Å². The molecular formula is C26H25N3O5S. The Balaban J connectivity index is 1.82. The molecule has 0 aliphatic heterocycles. The molecule has 0 aliphatic rings. The number of phenolic OH excluding ortho intramolecular Hbond substituents is 1. The van der Waals surface area contributed by atoms with Crippen LogP contribution in [0.4, 0.5) is 5.69 Å². The van der Waals surface area contributed by atoms with E-state index in [2.05, 4.69) is 4.99 Å². The second kappa shape index (κ2) is 10.0. The van der Waals surface area contributed by atoms with E-state index in [1.807, 2.05) is 48.7 Å². The van der Waals surface area contributed by atoms with Gasteiger partial charge in [0.15, 0.2) is 21.3 Å². The molecule has 180 valence electrons. The number of nitrogens with zero attached hydrogens (tertiary/aromatic N) is 3. The Kier molecular flexibility index (Phi) is 6.88. The molecule has 0 spiro atoms. The van der Waals surface area contributed by atoms with Crippen LogP contribution in [-0.2, 0) is 9.84 Å². The lowest BCUT2D eigenvalue weighted by atomic mass is 10.1. The third kappa shape index (κ3) is 5.04. The van der Waals surface area contributed by atoms with Crippen molar-refractivity contribution in [3.63, 3.8) is 0 Å². The zero-order valence-corrected chi connectivity index (χ0v) is 20.4. The third-order valence-corrected chi connectivity index (χ3v) is 7.18. The molecule has 4 aromatic rings. The first kappa shape index (κ1) is 24.0. The van der Waals surface area contributed by atoms with Gasteiger partial charge in [0.25, 0.3) is 0 Å². The SMILES string of the molecule is CCS(=O)(=O)c1ccc(O)c(N=Cc2cn(-c3ccccc3)nc2-c2ccc(OC)c(OC)c2)c1. The van der Waals surface area contributed by atoms with Gasteiger partial charge in [-0.05, 0) is 48.5 Å². The lowest BCUT2D eigenvalue weighted by Gasteiger charge is -2.09. The number of aromatic hydroxyl groups is 1. The molecule has 4 rings (SSSR count). The van der Waals surface area contributed by atoms with Gasteiger partial charge >= 0.3 is 0 Å². The van der Waals surface area contributed by atoms with E-state index in [-0.39, 0.29) is 22.1 Å². The van der Waals surface area contributed by atoms with Gasteiger partial charge in [0.05, 0.1) is 30.6 Å². The standard InChI is InChI=1S/C26H25N3O5S/c1-4-35(31,32)21-11-12-23(30)22(15-21)27-16-19-17-29(20-8-6-5-7-9-20)28-26(19)18-10-13-24(33-2)25(14-18)34-3/h5-17,30H,4H2,1-3H3. The lowest BCUT2D eigenvalue weighted by molar-refractivity contribution is 0.355. The molecule has 0 saturated carbocycles. The fraction of sp³-hybridized carbons (Fsp3) is 0.154. The molecule has 0 unspecified atom stereocenters. The summed E-state index contributed by atoms with van der Waals surface area (Å²) >= 11 is 0. The van der Waals surface area contributed by atoms with Crippen molar-refractivity contribution in [2.75, 3.05) is 20.0 Å². The second-order valence-corrected chi connectivity index (χ2v) is 9.87. The lowest BCUT2D eigenvalue weighted by Crippen LogP contribution is -2.03. The van der Waals surface area contributed by atoms with E-state index in [0.29, 0.717) is 22.8 Å². The van der Waals surface area contributed by atoms with Crippen LogP contribution in [0.15, 0.2) is 82.8 Å². The third-order valence-electron chi connectivity index (χ3n) is 5.45. The van der Waals surface area contributed by atoms with Gasteiger partial charge in [-0.3, -0.25) is 4.99 Å². The average Bonchev–Trinajstić information content (AvgIpc) is 3.32. The van der Waals surface area contributed by atoms with Crippen molar-refractivity contribution in [1.29, 1.82) is 0 Å². The Bertz CT molecular complexity index is 1480. The number of benzene rings is 3. The number of methoxy groups -OCH3 is 2. The summed E-state index contributed by atoms with van der Waals surface area (Å²) in [6.07, 6.45) is 3.37. The summed E-state index contributed by atoms with van der Waals surface area (Å²) < 4.78 is 37.1. The zero-order chi connectivity index (χ0) is 25.0. The minimum Gasteiger partial charge on any atom is -0.506 e. The van der Waals surface area contributed by atoms with E-state index in [1.165, 1.54) is 18.2 Å². The van der Waals surface area contributed by atoms with E-state index in [9.17, 15) is 13.5 Å². The van der Waals surface area contributed by atoms with Crippen molar-refractivity contribution in [3.8, 4) is 34.2 Å². The first-order valence-electron chi connectivity index (χ1n) is 10.8. The van der Waals surface area contributed by atoms with Crippen LogP contribution in [0.3, 0.4) is 0 Å². The van der Waals surface area contributed by atoms with Crippen molar-refractivity contribution in [1.82, 2.24) is 9.78 Å². The fourth-order valence-electron chi connectivity index (χ4n) is 3.51. The summed E-state index contributed by atoms with van der Waals surface area (Å²) in [6, 6.07) is 19.1. The number of para-hydroxylation sites is 1. The smallest absolute Gasteiger partial charge is 0.178 e. The van der Waals surface area contributed by atoms with E-state index in [1.54, 1.807) is 38.1 Å². The minimum absolute atomic E-state index is 0.0474. The number of rotatable bonds is 8. The summed E-state index contributed by atoms with van der Waals surface area (Å²) in [5.41, 5.74) is 3.04. The number of phenols is 1. The molecule has 0 atom stereocenters. The Morgan fingerprint density at radius 1 is 1.00 bits per heavy atom. The van der Waals surface area contributed by atoms with Crippen LogP contribution < -0.4 is 9.47 Å². The maximum absolute atomic E-state index is 12.3. The van der Waals surface area contributed by atoms with E-state index in [4.69, 9.17) is 14.6 Å². The largest absolute Gasteiger partial charge is 0.506 e. The van der Waals surface area contributed by atoms with Gasteiger partial charge in [-0.25, -0.2) is 13.1 Å². The summed E-state index contributed by atoms with van der Waals surface area (Å²) in [4.78, 5) is 4.51. The number of aromatic nitrogens is 2. The zero-order valence-electron chi connectivity index (χ0n) is 19.5. The molecule has 0 amide bonds. The molecule has 9 heteroatoms. The van der Waals surface area contributed by atoms with Gasteiger partial charge in [0.2, 0.25) is 0 Å². The van der Waals surface area contributed by atoms with Crippen LogP contribution >= 0.6 is 0 Å². The molecule has 8 nitrogen and oxygen atoms in total. The van der Waals surface area contributed by atoms with Gasteiger partial charge in [-0.2, -0.15) is 5.10 Å². The predicted molar refractivity (Wildman–Crippen MR) is 135 cm³/mol. The van der Waals surface area contributed by atoms with Crippen molar-refractivity contribution in [2.24, 2.45) is 4.99 Å². The average molecular weight is 492 g/mol. The van der Waals surface area contributed by atoms with Gasteiger partial charge in [-0.1, -0.05) is 25.1 Å². The monoisotopic (exact) mass is 491 g/mol.